The zero-order chi connectivity index (χ0) is 11.3. The summed E-state index contributed by atoms with van der Waals surface area (Å²) in [6.07, 6.45) is 0.167. The summed E-state index contributed by atoms with van der Waals surface area (Å²) in [4.78, 5) is 13.1. The lowest BCUT2D eigenvalue weighted by Gasteiger charge is -2.32. The molecule has 1 saturated heterocycles. The van der Waals surface area contributed by atoms with Crippen molar-refractivity contribution in [2.75, 3.05) is 32.8 Å². The number of nitrogens with two attached hydrogens (primary N) is 1. The van der Waals surface area contributed by atoms with E-state index in [1.165, 1.54) is 0 Å². The lowest BCUT2D eigenvalue weighted by atomic mass is 10.2. The van der Waals surface area contributed by atoms with Crippen molar-refractivity contribution in [1.82, 2.24) is 10.2 Å². The first-order chi connectivity index (χ1) is 7.13. The Labute approximate surface area is 90.9 Å². The molecule has 1 heterocycles. The molecule has 5 nitrogen and oxygen atoms in total. The largest absolute Gasteiger partial charge is 0.374 e. The maximum atomic E-state index is 10.8. The van der Waals surface area contributed by atoms with E-state index in [1.54, 1.807) is 6.92 Å². The fourth-order valence-corrected chi connectivity index (χ4v) is 1.60. The van der Waals surface area contributed by atoms with Gasteiger partial charge in [-0.1, -0.05) is 6.92 Å². The molecule has 15 heavy (non-hydrogen) atoms. The number of morpholine rings is 1. The highest BCUT2D eigenvalue weighted by Gasteiger charge is 2.20. The predicted octanol–water partition coefficient (Wildman–Crippen LogP) is -0.829. The highest BCUT2D eigenvalue weighted by atomic mass is 16.5. The van der Waals surface area contributed by atoms with E-state index in [2.05, 4.69) is 17.1 Å². The standard InChI is InChI=1S/C10H21N3O2/c1-3-13-4-5-15-9(7-13)6-12-8(2)10(11)14/h8-9,12H,3-7H2,1-2H3,(H2,11,14). The molecule has 0 radical (unpaired) electrons. The second-order valence-electron chi connectivity index (χ2n) is 3.92. The number of primary amides is 1. The smallest absolute Gasteiger partial charge is 0.234 e. The summed E-state index contributed by atoms with van der Waals surface area (Å²) in [5, 5.41) is 3.07. The predicted molar refractivity (Wildman–Crippen MR) is 58.5 cm³/mol. The molecule has 0 spiro atoms. The molecule has 0 aromatic rings. The summed E-state index contributed by atoms with van der Waals surface area (Å²) in [5.41, 5.74) is 5.15. The van der Waals surface area contributed by atoms with Crippen LogP contribution in [0.25, 0.3) is 0 Å². The van der Waals surface area contributed by atoms with Crippen molar-refractivity contribution in [2.45, 2.75) is 26.0 Å². The van der Waals surface area contributed by atoms with Crippen LogP contribution < -0.4 is 11.1 Å². The first-order valence-electron chi connectivity index (χ1n) is 5.50. The Hall–Kier alpha value is -0.650. The van der Waals surface area contributed by atoms with Crippen LogP contribution in [0.2, 0.25) is 0 Å². The van der Waals surface area contributed by atoms with Gasteiger partial charge >= 0.3 is 0 Å². The number of nitrogens with zero attached hydrogens (tertiary/aromatic N) is 1. The van der Waals surface area contributed by atoms with Crippen molar-refractivity contribution in [1.29, 1.82) is 0 Å². The van der Waals surface area contributed by atoms with Crippen LogP contribution in [0.1, 0.15) is 13.8 Å². The van der Waals surface area contributed by atoms with Gasteiger partial charge in [-0.3, -0.25) is 9.69 Å². The Kier molecular flexibility index (Phi) is 5.01. The first kappa shape index (κ1) is 12.4. The van der Waals surface area contributed by atoms with Crippen LogP contribution in [0.4, 0.5) is 0 Å². The van der Waals surface area contributed by atoms with Crippen LogP contribution in [-0.2, 0) is 9.53 Å². The number of rotatable bonds is 5. The maximum absolute atomic E-state index is 10.8. The molecule has 1 aliphatic heterocycles. The molecule has 88 valence electrons. The Morgan fingerprint density at radius 1 is 1.73 bits per heavy atom. The van der Waals surface area contributed by atoms with E-state index in [1.807, 2.05) is 0 Å². The molecule has 5 heteroatoms. The second-order valence-corrected chi connectivity index (χ2v) is 3.92. The van der Waals surface area contributed by atoms with Gasteiger partial charge in [-0.15, -0.1) is 0 Å². The van der Waals surface area contributed by atoms with E-state index in [4.69, 9.17) is 10.5 Å². The lowest BCUT2D eigenvalue weighted by Crippen LogP contribution is -2.49. The van der Waals surface area contributed by atoms with Crippen LogP contribution in [0.5, 0.6) is 0 Å². The van der Waals surface area contributed by atoms with Gasteiger partial charge in [-0.2, -0.15) is 0 Å². The van der Waals surface area contributed by atoms with E-state index in [-0.39, 0.29) is 18.1 Å². The molecule has 0 saturated carbocycles. The van der Waals surface area contributed by atoms with E-state index in [0.29, 0.717) is 6.54 Å². The minimum Gasteiger partial charge on any atom is -0.374 e. The van der Waals surface area contributed by atoms with Gasteiger partial charge in [0.2, 0.25) is 5.91 Å². The van der Waals surface area contributed by atoms with Crippen molar-refractivity contribution < 1.29 is 9.53 Å². The summed E-state index contributed by atoms with van der Waals surface area (Å²) >= 11 is 0. The number of amides is 1. The number of nitrogens with one attached hydrogen (secondary N) is 1. The second kappa shape index (κ2) is 6.05. The molecule has 2 atom stereocenters. The number of ether oxygens (including phenoxy) is 1. The third-order valence-electron chi connectivity index (χ3n) is 2.75. The van der Waals surface area contributed by atoms with E-state index in [0.717, 1.165) is 26.2 Å². The van der Waals surface area contributed by atoms with Gasteiger partial charge in [0.05, 0.1) is 18.8 Å². The molecular formula is C10H21N3O2. The molecule has 3 N–H and O–H groups in total. The Morgan fingerprint density at radius 3 is 3.07 bits per heavy atom. The summed E-state index contributed by atoms with van der Waals surface area (Å²) in [6.45, 7) is 8.33. The minimum absolute atomic E-state index is 0.167. The molecular weight excluding hydrogens is 194 g/mol. The van der Waals surface area contributed by atoms with Crippen LogP contribution in [-0.4, -0.2) is 55.7 Å². The Balaban J connectivity index is 2.23. The first-order valence-corrected chi connectivity index (χ1v) is 5.50. The highest BCUT2D eigenvalue weighted by Crippen LogP contribution is 2.03. The number of hydrogen-bond donors (Lipinski definition) is 2. The minimum atomic E-state index is -0.321. The lowest BCUT2D eigenvalue weighted by molar-refractivity contribution is -0.119. The summed E-state index contributed by atoms with van der Waals surface area (Å²) in [6, 6.07) is -0.286. The Morgan fingerprint density at radius 2 is 2.47 bits per heavy atom. The van der Waals surface area contributed by atoms with Gasteiger partial charge < -0.3 is 15.8 Å². The number of carbonyl (C=O) groups excluding carboxylic acids is 1. The van der Waals surface area contributed by atoms with Gasteiger partial charge in [0.25, 0.3) is 0 Å². The molecule has 1 aliphatic rings. The quantitative estimate of drug-likeness (QED) is 0.628. The van der Waals surface area contributed by atoms with E-state index >= 15 is 0 Å². The number of carbonyl (C=O) groups is 1. The molecule has 1 rings (SSSR count). The van der Waals surface area contributed by atoms with Gasteiger partial charge in [-0.25, -0.2) is 0 Å². The zero-order valence-corrected chi connectivity index (χ0v) is 9.53. The van der Waals surface area contributed by atoms with Crippen LogP contribution in [0.3, 0.4) is 0 Å². The normalized spacial score (nSPS) is 25.1. The topological polar surface area (TPSA) is 67.6 Å². The molecule has 0 aliphatic carbocycles. The SMILES string of the molecule is CCN1CCOC(CNC(C)C(N)=O)C1. The average Bonchev–Trinajstić information content (AvgIpc) is 2.26. The summed E-state index contributed by atoms with van der Waals surface area (Å²) in [7, 11) is 0. The third-order valence-corrected chi connectivity index (χ3v) is 2.75. The summed E-state index contributed by atoms with van der Waals surface area (Å²) < 4.78 is 5.58. The van der Waals surface area contributed by atoms with Crippen LogP contribution in [0, 0.1) is 0 Å². The van der Waals surface area contributed by atoms with Gasteiger partial charge in [-0.05, 0) is 13.5 Å². The van der Waals surface area contributed by atoms with Crippen molar-refractivity contribution in [3.05, 3.63) is 0 Å². The van der Waals surface area contributed by atoms with Crippen LogP contribution in [0.15, 0.2) is 0 Å². The third kappa shape index (κ3) is 4.15. The molecule has 0 aromatic heterocycles. The number of likely N-dealkylation sites (N-methyl/N-ethyl adjacent to an activating group) is 1. The zero-order valence-electron chi connectivity index (χ0n) is 9.53. The Bertz CT molecular complexity index is 211. The van der Waals surface area contributed by atoms with Crippen molar-refractivity contribution >= 4 is 5.91 Å². The van der Waals surface area contributed by atoms with E-state index in [9.17, 15) is 4.79 Å². The average molecular weight is 215 g/mol. The monoisotopic (exact) mass is 215 g/mol. The van der Waals surface area contributed by atoms with Crippen molar-refractivity contribution in [3.63, 3.8) is 0 Å². The van der Waals surface area contributed by atoms with Crippen molar-refractivity contribution in [2.24, 2.45) is 5.73 Å². The van der Waals surface area contributed by atoms with Crippen LogP contribution >= 0.6 is 0 Å². The maximum Gasteiger partial charge on any atom is 0.234 e. The number of hydrogen-bond acceptors (Lipinski definition) is 4. The van der Waals surface area contributed by atoms with Crippen molar-refractivity contribution in [3.8, 4) is 0 Å². The molecule has 1 fully saturated rings. The van der Waals surface area contributed by atoms with Gasteiger partial charge in [0.1, 0.15) is 0 Å². The molecule has 2 unspecified atom stereocenters. The molecule has 1 amide bonds. The van der Waals surface area contributed by atoms with Gasteiger partial charge in [0, 0.05) is 19.6 Å². The fourth-order valence-electron chi connectivity index (χ4n) is 1.60. The van der Waals surface area contributed by atoms with E-state index < -0.39 is 0 Å². The molecule has 0 aromatic carbocycles. The molecule has 0 bridgehead atoms. The fraction of sp³-hybridized carbons (Fsp3) is 0.900. The van der Waals surface area contributed by atoms with Gasteiger partial charge in [0.15, 0.2) is 0 Å². The summed E-state index contributed by atoms with van der Waals surface area (Å²) in [5.74, 6) is -0.321. The highest BCUT2D eigenvalue weighted by molar-refractivity contribution is 5.79.